The number of rotatable bonds is 7. The largest absolute Gasteiger partial charge is 0.476 e. The van der Waals surface area contributed by atoms with Gasteiger partial charge in [-0.2, -0.15) is 0 Å². The minimum absolute atomic E-state index is 0.0147. The molecule has 0 aromatic carbocycles. The van der Waals surface area contributed by atoms with Gasteiger partial charge in [-0.05, 0) is 6.42 Å². The number of sulfone groups is 1. The first-order chi connectivity index (χ1) is 7.94. The molecule has 17 heavy (non-hydrogen) atoms. The Bertz CT molecular complexity index is 479. The Morgan fingerprint density at radius 1 is 1.59 bits per heavy atom. The lowest BCUT2D eigenvalue weighted by Gasteiger charge is -2.01. The summed E-state index contributed by atoms with van der Waals surface area (Å²) in [5, 5.41) is 10.0. The van der Waals surface area contributed by atoms with Crippen LogP contribution in [-0.2, 0) is 20.3 Å². The van der Waals surface area contributed by atoms with Gasteiger partial charge in [0.15, 0.2) is 9.84 Å². The molecule has 0 saturated heterocycles. The summed E-state index contributed by atoms with van der Waals surface area (Å²) in [6, 6.07) is 0. The quantitative estimate of drug-likeness (QED) is 0.742. The molecule has 0 spiro atoms. The molecule has 0 aliphatic rings. The van der Waals surface area contributed by atoms with Gasteiger partial charge >= 0.3 is 5.97 Å². The number of carboxylic acids is 1. The van der Waals surface area contributed by atoms with E-state index in [0.717, 1.165) is 11.3 Å². The SMILES string of the molecule is COCCCS(=O)(=O)Cc1csc(C(=O)O)n1. The molecule has 0 radical (unpaired) electrons. The lowest BCUT2D eigenvalue weighted by atomic mass is 10.5. The average molecular weight is 279 g/mol. The Labute approximate surface area is 103 Å². The number of carboxylic acid groups (broad SMARTS) is 1. The number of nitrogens with zero attached hydrogens (tertiary/aromatic N) is 1. The molecule has 96 valence electrons. The van der Waals surface area contributed by atoms with Gasteiger partial charge in [0, 0.05) is 19.1 Å². The predicted octanol–water partition coefficient (Wildman–Crippen LogP) is 0.793. The van der Waals surface area contributed by atoms with Crippen LogP contribution in [0.2, 0.25) is 0 Å². The zero-order chi connectivity index (χ0) is 12.9. The maximum absolute atomic E-state index is 11.6. The normalized spacial score (nSPS) is 11.6. The van der Waals surface area contributed by atoms with Crippen molar-refractivity contribution < 1.29 is 23.1 Å². The third kappa shape index (κ3) is 4.80. The maximum atomic E-state index is 11.6. The molecule has 1 N–H and O–H groups in total. The van der Waals surface area contributed by atoms with E-state index in [2.05, 4.69) is 4.98 Å². The van der Waals surface area contributed by atoms with E-state index in [1.807, 2.05) is 0 Å². The number of aromatic nitrogens is 1. The summed E-state index contributed by atoms with van der Waals surface area (Å²) >= 11 is 0.927. The van der Waals surface area contributed by atoms with Crippen LogP contribution >= 0.6 is 11.3 Å². The van der Waals surface area contributed by atoms with Crippen molar-refractivity contribution in [2.24, 2.45) is 0 Å². The summed E-state index contributed by atoms with van der Waals surface area (Å²) in [5.74, 6) is -1.35. The Hall–Kier alpha value is -0.990. The Balaban J connectivity index is 2.60. The van der Waals surface area contributed by atoms with E-state index >= 15 is 0 Å². The molecule has 8 heteroatoms. The van der Waals surface area contributed by atoms with Crippen LogP contribution in [0, 0.1) is 0 Å². The fraction of sp³-hybridized carbons (Fsp3) is 0.556. The van der Waals surface area contributed by atoms with Crippen molar-refractivity contribution in [3.63, 3.8) is 0 Å². The molecule has 0 unspecified atom stereocenters. The van der Waals surface area contributed by atoms with Gasteiger partial charge in [-0.3, -0.25) is 0 Å². The van der Waals surface area contributed by atoms with E-state index < -0.39 is 15.8 Å². The fourth-order valence-electron chi connectivity index (χ4n) is 1.19. The maximum Gasteiger partial charge on any atom is 0.365 e. The van der Waals surface area contributed by atoms with Crippen molar-refractivity contribution >= 4 is 27.1 Å². The van der Waals surface area contributed by atoms with E-state index in [4.69, 9.17) is 9.84 Å². The minimum Gasteiger partial charge on any atom is -0.476 e. The zero-order valence-electron chi connectivity index (χ0n) is 9.25. The highest BCUT2D eigenvalue weighted by atomic mass is 32.2. The molecule has 1 rings (SSSR count). The molecule has 6 nitrogen and oxygen atoms in total. The number of carbonyl (C=O) groups is 1. The number of hydrogen-bond acceptors (Lipinski definition) is 6. The molecule has 0 saturated carbocycles. The van der Waals surface area contributed by atoms with Crippen molar-refractivity contribution in [1.82, 2.24) is 4.98 Å². The van der Waals surface area contributed by atoms with Crippen molar-refractivity contribution in [3.05, 3.63) is 16.1 Å². The van der Waals surface area contributed by atoms with E-state index in [-0.39, 0.29) is 22.2 Å². The van der Waals surface area contributed by atoms with Gasteiger partial charge in [0.25, 0.3) is 0 Å². The van der Waals surface area contributed by atoms with Crippen molar-refractivity contribution in [2.45, 2.75) is 12.2 Å². The second-order valence-corrected chi connectivity index (χ2v) is 6.43. The van der Waals surface area contributed by atoms with Gasteiger partial charge in [0.05, 0.1) is 17.2 Å². The van der Waals surface area contributed by atoms with Gasteiger partial charge in [-0.1, -0.05) is 0 Å². The summed E-state index contributed by atoms with van der Waals surface area (Å²) in [4.78, 5) is 14.3. The highest BCUT2D eigenvalue weighted by Crippen LogP contribution is 2.13. The molecule has 0 amide bonds. The number of ether oxygens (including phenoxy) is 1. The summed E-state index contributed by atoms with van der Waals surface area (Å²) in [6.07, 6.45) is 0.425. The summed E-state index contributed by atoms with van der Waals surface area (Å²) in [7, 11) is -1.74. The van der Waals surface area contributed by atoms with Gasteiger partial charge in [-0.25, -0.2) is 18.2 Å². The summed E-state index contributed by atoms with van der Waals surface area (Å²) < 4.78 is 28.0. The predicted molar refractivity (Wildman–Crippen MR) is 63.1 cm³/mol. The van der Waals surface area contributed by atoms with Crippen molar-refractivity contribution in [3.8, 4) is 0 Å². The number of thiazole rings is 1. The standard InChI is InChI=1S/C9H13NO5S2/c1-15-3-2-4-17(13,14)6-7-5-16-8(10-7)9(11)12/h5H,2-4,6H2,1H3,(H,11,12). The molecular weight excluding hydrogens is 266 g/mol. The molecule has 0 aliphatic heterocycles. The molecule has 1 aromatic rings. The number of methoxy groups -OCH3 is 1. The first kappa shape index (κ1) is 14.1. The molecule has 0 atom stereocenters. The van der Waals surface area contributed by atoms with Crippen LogP contribution in [0.4, 0.5) is 0 Å². The third-order valence-corrected chi connectivity index (χ3v) is 4.43. The Morgan fingerprint density at radius 3 is 2.82 bits per heavy atom. The lowest BCUT2D eigenvalue weighted by molar-refractivity contribution is 0.0696. The molecular formula is C9H13NO5S2. The van der Waals surface area contributed by atoms with E-state index in [9.17, 15) is 13.2 Å². The van der Waals surface area contributed by atoms with Crippen LogP contribution < -0.4 is 0 Å². The third-order valence-electron chi connectivity index (χ3n) is 1.91. The second kappa shape index (κ2) is 6.08. The van der Waals surface area contributed by atoms with Crippen LogP contribution in [-0.4, -0.2) is 43.9 Å². The van der Waals surface area contributed by atoms with Crippen LogP contribution in [0.25, 0.3) is 0 Å². The first-order valence-corrected chi connectivity index (χ1v) is 7.52. The highest BCUT2D eigenvalue weighted by Gasteiger charge is 2.16. The number of hydrogen-bond donors (Lipinski definition) is 1. The first-order valence-electron chi connectivity index (χ1n) is 4.81. The second-order valence-electron chi connectivity index (χ2n) is 3.39. The van der Waals surface area contributed by atoms with Crippen LogP contribution in [0.15, 0.2) is 5.38 Å². The lowest BCUT2D eigenvalue weighted by Crippen LogP contribution is -2.11. The molecule has 1 heterocycles. The van der Waals surface area contributed by atoms with Crippen molar-refractivity contribution in [1.29, 1.82) is 0 Å². The molecule has 0 bridgehead atoms. The Morgan fingerprint density at radius 2 is 2.29 bits per heavy atom. The van der Waals surface area contributed by atoms with Gasteiger partial charge < -0.3 is 9.84 Å². The molecule has 1 aromatic heterocycles. The molecule has 0 fully saturated rings. The monoisotopic (exact) mass is 279 g/mol. The Kier molecular flexibility index (Phi) is 5.03. The highest BCUT2D eigenvalue weighted by molar-refractivity contribution is 7.90. The average Bonchev–Trinajstić information content (AvgIpc) is 2.65. The van der Waals surface area contributed by atoms with Crippen LogP contribution in [0.3, 0.4) is 0 Å². The summed E-state index contributed by atoms with van der Waals surface area (Å²) in [6.45, 7) is 0.386. The van der Waals surface area contributed by atoms with Gasteiger partial charge in [-0.15, -0.1) is 11.3 Å². The minimum atomic E-state index is -3.25. The zero-order valence-corrected chi connectivity index (χ0v) is 10.9. The topological polar surface area (TPSA) is 93.6 Å². The summed E-state index contributed by atoms with van der Waals surface area (Å²) in [5.41, 5.74) is 0.282. The van der Waals surface area contributed by atoms with Crippen LogP contribution in [0.1, 0.15) is 21.9 Å². The van der Waals surface area contributed by atoms with E-state index in [0.29, 0.717) is 13.0 Å². The van der Waals surface area contributed by atoms with Gasteiger partial charge in [0.2, 0.25) is 5.01 Å². The van der Waals surface area contributed by atoms with E-state index in [1.165, 1.54) is 12.5 Å². The fourth-order valence-corrected chi connectivity index (χ4v) is 3.25. The molecule has 0 aliphatic carbocycles. The van der Waals surface area contributed by atoms with Crippen molar-refractivity contribution in [2.75, 3.05) is 19.5 Å². The van der Waals surface area contributed by atoms with E-state index in [1.54, 1.807) is 0 Å². The smallest absolute Gasteiger partial charge is 0.365 e. The van der Waals surface area contributed by atoms with Gasteiger partial charge in [0.1, 0.15) is 0 Å². The van der Waals surface area contributed by atoms with Crippen LogP contribution in [0.5, 0.6) is 0 Å². The number of aromatic carboxylic acids is 1.